The smallest absolute Gasteiger partial charge is 0.0604 e. The first-order valence-electron chi connectivity index (χ1n) is 5.39. The zero-order valence-electron chi connectivity index (χ0n) is 9.25. The van der Waals surface area contributed by atoms with E-state index in [1.807, 2.05) is 0 Å². The van der Waals surface area contributed by atoms with Gasteiger partial charge in [-0.15, -0.1) is 0 Å². The third-order valence-electron chi connectivity index (χ3n) is 2.27. The zero-order chi connectivity index (χ0) is 9.84. The van der Waals surface area contributed by atoms with E-state index in [-0.39, 0.29) is 0 Å². The Bertz CT molecular complexity index is 127. The molecule has 0 amide bonds. The lowest BCUT2D eigenvalue weighted by atomic mass is 10.3. The monoisotopic (exact) mass is 186 g/mol. The molecule has 0 heterocycles. The van der Waals surface area contributed by atoms with E-state index in [9.17, 15) is 0 Å². The van der Waals surface area contributed by atoms with Crippen LogP contribution in [0.3, 0.4) is 0 Å². The summed E-state index contributed by atoms with van der Waals surface area (Å²) in [6.07, 6.45) is 4.97. The maximum atomic E-state index is 5.74. The van der Waals surface area contributed by atoms with Crippen LogP contribution in [0.4, 0.5) is 0 Å². The first kappa shape index (κ1) is 11.0. The molecule has 0 radical (unpaired) electrons. The van der Waals surface area contributed by atoms with Crippen LogP contribution >= 0.6 is 0 Å². The molecule has 1 fully saturated rings. The summed E-state index contributed by atoms with van der Waals surface area (Å²) in [5.74, 6) is 0. The Morgan fingerprint density at radius 3 is 1.54 bits per heavy atom. The van der Waals surface area contributed by atoms with Crippen molar-refractivity contribution in [1.29, 1.82) is 0 Å². The predicted octanol–water partition coefficient (Wildman–Crippen LogP) is 2.76. The molecule has 2 atom stereocenters. The van der Waals surface area contributed by atoms with Crippen molar-refractivity contribution in [2.45, 2.75) is 71.4 Å². The number of rotatable bonds is 4. The maximum absolute atomic E-state index is 5.74. The Balaban J connectivity index is 2.20. The van der Waals surface area contributed by atoms with Crippen LogP contribution in [0.2, 0.25) is 0 Å². The molecule has 0 spiro atoms. The Morgan fingerprint density at radius 1 is 0.846 bits per heavy atom. The van der Waals surface area contributed by atoms with Crippen LogP contribution in [0, 0.1) is 0 Å². The van der Waals surface area contributed by atoms with Crippen LogP contribution in [-0.4, -0.2) is 24.4 Å². The summed E-state index contributed by atoms with van der Waals surface area (Å²) < 4.78 is 11.5. The van der Waals surface area contributed by atoms with Crippen molar-refractivity contribution < 1.29 is 9.47 Å². The summed E-state index contributed by atoms with van der Waals surface area (Å²) in [7, 11) is 0. The molecule has 13 heavy (non-hydrogen) atoms. The fourth-order valence-corrected chi connectivity index (χ4v) is 1.92. The van der Waals surface area contributed by atoms with Gasteiger partial charge in [-0.05, 0) is 47.0 Å². The molecule has 0 aromatic carbocycles. The van der Waals surface area contributed by atoms with Gasteiger partial charge < -0.3 is 9.47 Å². The summed E-state index contributed by atoms with van der Waals surface area (Å²) in [6, 6.07) is 0. The molecule has 2 unspecified atom stereocenters. The van der Waals surface area contributed by atoms with Crippen molar-refractivity contribution in [3.8, 4) is 0 Å². The highest BCUT2D eigenvalue weighted by atomic mass is 16.5. The molecule has 0 N–H and O–H groups in total. The van der Waals surface area contributed by atoms with Gasteiger partial charge >= 0.3 is 0 Å². The molecule has 1 rings (SSSR count). The van der Waals surface area contributed by atoms with E-state index < -0.39 is 0 Å². The topological polar surface area (TPSA) is 18.5 Å². The average Bonchev–Trinajstić information content (AvgIpc) is 2.33. The quantitative estimate of drug-likeness (QED) is 0.672. The molecule has 0 bridgehead atoms. The van der Waals surface area contributed by atoms with Gasteiger partial charge in [-0.2, -0.15) is 0 Å². The summed E-state index contributed by atoms with van der Waals surface area (Å²) >= 11 is 0. The van der Waals surface area contributed by atoms with E-state index in [1.165, 1.54) is 0 Å². The lowest BCUT2D eigenvalue weighted by molar-refractivity contribution is -0.0202. The van der Waals surface area contributed by atoms with E-state index in [2.05, 4.69) is 27.7 Å². The van der Waals surface area contributed by atoms with Gasteiger partial charge in [0.1, 0.15) is 0 Å². The molecule has 0 aromatic rings. The van der Waals surface area contributed by atoms with Crippen molar-refractivity contribution >= 4 is 0 Å². The Morgan fingerprint density at radius 2 is 1.23 bits per heavy atom. The second-order valence-corrected chi connectivity index (χ2v) is 4.43. The molecular formula is C11H22O2. The van der Waals surface area contributed by atoms with Crippen molar-refractivity contribution in [1.82, 2.24) is 0 Å². The van der Waals surface area contributed by atoms with Crippen LogP contribution < -0.4 is 0 Å². The number of hydrogen-bond donors (Lipinski definition) is 0. The molecule has 2 nitrogen and oxygen atoms in total. The van der Waals surface area contributed by atoms with Gasteiger partial charge in [0.2, 0.25) is 0 Å². The molecule has 0 aliphatic heterocycles. The highest BCUT2D eigenvalue weighted by Crippen LogP contribution is 2.26. The predicted molar refractivity (Wildman–Crippen MR) is 53.9 cm³/mol. The number of ether oxygens (including phenoxy) is 2. The minimum absolute atomic E-state index is 0.350. The maximum Gasteiger partial charge on any atom is 0.0604 e. The normalized spacial score (nSPS) is 29.1. The van der Waals surface area contributed by atoms with Crippen molar-refractivity contribution in [2.75, 3.05) is 0 Å². The largest absolute Gasteiger partial charge is 0.375 e. The third kappa shape index (κ3) is 4.10. The molecule has 1 saturated carbocycles. The first-order valence-corrected chi connectivity index (χ1v) is 5.39. The fourth-order valence-electron chi connectivity index (χ4n) is 1.92. The van der Waals surface area contributed by atoms with E-state index in [0.717, 1.165) is 19.3 Å². The average molecular weight is 186 g/mol. The third-order valence-corrected chi connectivity index (χ3v) is 2.27. The van der Waals surface area contributed by atoms with Gasteiger partial charge in [0.25, 0.3) is 0 Å². The highest BCUT2D eigenvalue weighted by molar-refractivity contribution is 4.77. The molecule has 2 heteroatoms. The lowest BCUT2D eigenvalue weighted by Gasteiger charge is -2.17. The summed E-state index contributed by atoms with van der Waals surface area (Å²) in [6.45, 7) is 8.38. The van der Waals surface area contributed by atoms with Crippen LogP contribution in [0.1, 0.15) is 47.0 Å². The lowest BCUT2D eigenvalue weighted by Crippen LogP contribution is -2.18. The van der Waals surface area contributed by atoms with E-state index in [1.54, 1.807) is 0 Å². The molecule has 1 aliphatic carbocycles. The minimum Gasteiger partial charge on any atom is -0.375 e. The highest BCUT2D eigenvalue weighted by Gasteiger charge is 2.26. The first-order chi connectivity index (χ1) is 6.08. The van der Waals surface area contributed by atoms with Crippen molar-refractivity contribution in [3.63, 3.8) is 0 Å². The van der Waals surface area contributed by atoms with Crippen LogP contribution in [0.25, 0.3) is 0 Å². The van der Waals surface area contributed by atoms with Gasteiger partial charge in [0, 0.05) is 0 Å². The summed E-state index contributed by atoms with van der Waals surface area (Å²) in [5.41, 5.74) is 0. The van der Waals surface area contributed by atoms with Crippen molar-refractivity contribution in [3.05, 3.63) is 0 Å². The zero-order valence-corrected chi connectivity index (χ0v) is 9.25. The van der Waals surface area contributed by atoms with Crippen molar-refractivity contribution in [2.24, 2.45) is 0 Å². The van der Waals surface area contributed by atoms with E-state index in [0.29, 0.717) is 24.4 Å². The van der Waals surface area contributed by atoms with Gasteiger partial charge in [0.05, 0.1) is 24.4 Å². The second kappa shape index (κ2) is 4.97. The van der Waals surface area contributed by atoms with Crippen LogP contribution in [0.5, 0.6) is 0 Å². The summed E-state index contributed by atoms with van der Waals surface area (Å²) in [5, 5.41) is 0. The molecule has 0 aromatic heterocycles. The van der Waals surface area contributed by atoms with Gasteiger partial charge in [-0.25, -0.2) is 0 Å². The van der Waals surface area contributed by atoms with Crippen LogP contribution in [0.15, 0.2) is 0 Å². The summed E-state index contributed by atoms with van der Waals surface area (Å²) in [4.78, 5) is 0. The Hall–Kier alpha value is -0.0800. The standard InChI is InChI=1S/C11H22O2/c1-8(2)12-10-5-6-11(7-10)13-9(3)4/h8-11H,5-7H2,1-4H3. The molecule has 0 saturated heterocycles. The molecule has 78 valence electrons. The van der Waals surface area contributed by atoms with E-state index in [4.69, 9.17) is 9.47 Å². The van der Waals surface area contributed by atoms with Crippen LogP contribution in [-0.2, 0) is 9.47 Å². The van der Waals surface area contributed by atoms with E-state index >= 15 is 0 Å². The SMILES string of the molecule is CC(C)OC1CCC(OC(C)C)C1. The fraction of sp³-hybridized carbons (Fsp3) is 1.00. The number of hydrogen-bond acceptors (Lipinski definition) is 2. The van der Waals surface area contributed by atoms with Gasteiger partial charge in [-0.1, -0.05) is 0 Å². The minimum atomic E-state index is 0.350. The Kier molecular flexibility index (Phi) is 4.20. The Labute approximate surface area is 81.6 Å². The molecule has 1 aliphatic rings. The molecular weight excluding hydrogens is 164 g/mol. The van der Waals surface area contributed by atoms with Gasteiger partial charge in [0.15, 0.2) is 0 Å². The van der Waals surface area contributed by atoms with Gasteiger partial charge in [-0.3, -0.25) is 0 Å². The second-order valence-electron chi connectivity index (χ2n) is 4.43.